The van der Waals surface area contributed by atoms with Gasteiger partial charge in [-0.2, -0.15) is 0 Å². The van der Waals surface area contributed by atoms with Gasteiger partial charge >= 0.3 is 0 Å². The number of carbonyl (C=O) groups is 1. The Balaban J connectivity index is 1.95. The van der Waals surface area contributed by atoms with Crippen molar-refractivity contribution in [3.63, 3.8) is 0 Å². The highest BCUT2D eigenvalue weighted by molar-refractivity contribution is 5.93. The lowest BCUT2D eigenvalue weighted by Gasteiger charge is -2.12. The molecular weight excluding hydrogens is 248 g/mol. The molecule has 0 saturated carbocycles. The van der Waals surface area contributed by atoms with Gasteiger partial charge in [0, 0.05) is 18.9 Å². The Morgan fingerprint density at radius 2 is 1.90 bits per heavy atom. The Labute approximate surface area is 120 Å². The van der Waals surface area contributed by atoms with Crippen molar-refractivity contribution in [1.29, 1.82) is 0 Å². The Bertz CT molecular complexity index is 583. The summed E-state index contributed by atoms with van der Waals surface area (Å²) in [5.74, 6) is -0.0690. The Hall–Kier alpha value is -2.16. The number of aromatic nitrogens is 1. The van der Waals surface area contributed by atoms with Gasteiger partial charge in [0.15, 0.2) is 0 Å². The van der Waals surface area contributed by atoms with Gasteiger partial charge in [0.2, 0.25) is 0 Å². The molecule has 3 nitrogen and oxygen atoms in total. The lowest BCUT2D eigenvalue weighted by Crippen LogP contribution is -2.26. The smallest absolute Gasteiger partial charge is 0.252 e. The highest BCUT2D eigenvalue weighted by Gasteiger charge is 2.07. The predicted octanol–water partition coefficient (Wildman–Crippen LogP) is 2.98. The SMILES string of the molecule is Cc1cc(C)c(CCNC(=O)c2cccnc2)c(C)c1. The number of nitrogens with one attached hydrogen (secondary N) is 1. The number of hydrogen-bond acceptors (Lipinski definition) is 2. The summed E-state index contributed by atoms with van der Waals surface area (Å²) in [6, 6.07) is 7.91. The van der Waals surface area contributed by atoms with Crippen molar-refractivity contribution in [2.75, 3.05) is 6.54 Å². The molecule has 2 rings (SSSR count). The zero-order chi connectivity index (χ0) is 14.5. The summed E-state index contributed by atoms with van der Waals surface area (Å²) in [5, 5.41) is 2.94. The lowest BCUT2D eigenvalue weighted by molar-refractivity contribution is 0.0953. The zero-order valence-corrected chi connectivity index (χ0v) is 12.2. The first-order chi connectivity index (χ1) is 9.58. The van der Waals surface area contributed by atoms with Crippen molar-refractivity contribution in [1.82, 2.24) is 10.3 Å². The van der Waals surface area contributed by atoms with Crippen molar-refractivity contribution >= 4 is 5.91 Å². The number of amides is 1. The average molecular weight is 268 g/mol. The second kappa shape index (κ2) is 6.33. The molecule has 3 heteroatoms. The normalized spacial score (nSPS) is 10.3. The average Bonchev–Trinajstić information content (AvgIpc) is 2.42. The van der Waals surface area contributed by atoms with Crippen LogP contribution in [0.2, 0.25) is 0 Å². The Morgan fingerprint density at radius 1 is 1.20 bits per heavy atom. The number of carbonyl (C=O) groups excluding carboxylic acids is 1. The molecule has 1 heterocycles. The summed E-state index contributed by atoms with van der Waals surface area (Å²) in [7, 11) is 0. The highest BCUT2D eigenvalue weighted by Crippen LogP contribution is 2.16. The minimum absolute atomic E-state index is 0.0690. The van der Waals surface area contributed by atoms with E-state index in [9.17, 15) is 4.79 Å². The van der Waals surface area contributed by atoms with E-state index in [0.717, 1.165) is 6.42 Å². The van der Waals surface area contributed by atoms with Crippen LogP contribution < -0.4 is 5.32 Å². The molecule has 1 amide bonds. The molecule has 0 spiro atoms. The van der Waals surface area contributed by atoms with E-state index in [1.165, 1.54) is 22.3 Å². The van der Waals surface area contributed by atoms with E-state index in [-0.39, 0.29) is 5.91 Å². The molecule has 0 aliphatic rings. The Kier molecular flexibility index (Phi) is 4.51. The number of hydrogen-bond donors (Lipinski definition) is 1. The molecule has 0 unspecified atom stereocenters. The van der Waals surface area contributed by atoms with E-state index in [1.807, 2.05) is 0 Å². The van der Waals surface area contributed by atoms with Crippen LogP contribution in [-0.4, -0.2) is 17.4 Å². The van der Waals surface area contributed by atoms with Crippen LogP contribution in [0, 0.1) is 20.8 Å². The van der Waals surface area contributed by atoms with Crippen LogP contribution >= 0.6 is 0 Å². The molecule has 1 aromatic heterocycles. The van der Waals surface area contributed by atoms with Crippen molar-refractivity contribution in [2.45, 2.75) is 27.2 Å². The molecule has 0 atom stereocenters. The zero-order valence-electron chi connectivity index (χ0n) is 12.2. The van der Waals surface area contributed by atoms with Crippen LogP contribution in [0.25, 0.3) is 0 Å². The minimum atomic E-state index is -0.0690. The van der Waals surface area contributed by atoms with E-state index in [4.69, 9.17) is 0 Å². The second-order valence-corrected chi connectivity index (χ2v) is 5.12. The fraction of sp³-hybridized carbons (Fsp3) is 0.294. The molecule has 1 N–H and O–H groups in total. The largest absolute Gasteiger partial charge is 0.352 e. The van der Waals surface area contributed by atoms with E-state index >= 15 is 0 Å². The van der Waals surface area contributed by atoms with Gasteiger partial charge in [-0.15, -0.1) is 0 Å². The maximum Gasteiger partial charge on any atom is 0.252 e. The molecule has 0 saturated heterocycles. The quantitative estimate of drug-likeness (QED) is 0.926. The van der Waals surface area contributed by atoms with Crippen molar-refractivity contribution < 1.29 is 4.79 Å². The second-order valence-electron chi connectivity index (χ2n) is 5.12. The van der Waals surface area contributed by atoms with Crippen molar-refractivity contribution in [2.24, 2.45) is 0 Å². The Morgan fingerprint density at radius 3 is 2.50 bits per heavy atom. The van der Waals surface area contributed by atoms with Crippen LogP contribution in [0.1, 0.15) is 32.6 Å². The molecule has 20 heavy (non-hydrogen) atoms. The molecule has 2 aromatic rings. The van der Waals surface area contributed by atoms with Gasteiger partial charge in [-0.3, -0.25) is 9.78 Å². The number of benzene rings is 1. The summed E-state index contributed by atoms with van der Waals surface area (Å²) in [6.07, 6.45) is 4.09. The summed E-state index contributed by atoms with van der Waals surface area (Å²) in [5.41, 5.74) is 5.78. The first-order valence-electron chi connectivity index (χ1n) is 6.83. The first kappa shape index (κ1) is 14.3. The van der Waals surface area contributed by atoms with E-state index in [2.05, 4.69) is 43.2 Å². The number of pyridine rings is 1. The molecule has 0 aliphatic heterocycles. The molecule has 0 radical (unpaired) electrons. The predicted molar refractivity (Wildman–Crippen MR) is 80.9 cm³/mol. The fourth-order valence-electron chi connectivity index (χ4n) is 2.50. The molecule has 1 aromatic carbocycles. The van der Waals surface area contributed by atoms with E-state index < -0.39 is 0 Å². The number of rotatable bonds is 4. The van der Waals surface area contributed by atoms with Gasteiger partial charge in [-0.05, 0) is 56.0 Å². The van der Waals surface area contributed by atoms with Crippen LogP contribution in [0.3, 0.4) is 0 Å². The van der Waals surface area contributed by atoms with Crippen LogP contribution in [0.5, 0.6) is 0 Å². The molecule has 0 bridgehead atoms. The van der Waals surface area contributed by atoms with Crippen molar-refractivity contribution in [3.8, 4) is 0 Å². The minimum Gasteiger partial charge on any atom is -0.352 e. The summed E-state index contributed by atoms with van der Waals surface area (Å²) in [6.45, 7) is 6.99. The van der Waals surface area contributed by atoms with Gasteiger partial charge in [-0.25, -0.2) is 0 Å². The monoisotopic (exact) mass is 268 g/mol. The molecule has 104 valence electrons. The third-order valence-electron chi connectivity index (χ3n) is 3.42. The molecule has 0 fully saturated rings. The van der Waals surface area contributed by atoms with Gasteiger partial charge in [0.05, 0.1) is 5.56 Å². The van der Waals surface area contributed by atoms with Crippen LogP contribution in [-0.2, 0) is 6.42 Å². The standard InChI is InChI=1S/C17H20N2O/c1-12-9-13(2)16(14(3)10-12)6-8-19-17(20)15-5-4-7-18-11-15/h4-5,7,9-11H,6,8H2,1-3H3,(H,19,20). The maximum atomic E-state index is 11.9. The number of aryl methyl sites for hydroxylation is 3. The van der Waals surface area contributed by atoms with Gasteiger partial charge < -0.3 is 5.32 Å². The topological polar surface area (TPSA) is 42.0 Å². The van der Waals surface area contributed by atoms with Gasteiger partial charge in [0.1, 0.15) is 0 Å². The third kappa shape index (κ3) is 3.44. The first-order valence-corrected chi connectivity index (χ1v) is 6.83. The van der Waals surface area contributed by atoms with E-state index in [1.54, 1.807) is 24.5 Å². The van der Waals surface area contributed by atoms with Crippen LogP contribution in [0.4, 0.5) is 0 Å². The summed E-state index contributed by atoms with van der Waals surface area (Å²) >= 11 is 0. The third-order valence-corrected chi connectivity index (χ3v) is 3.42. The van der Waals surface area contributed by atoms with Gasteiger partial charge in [0.25, 0.3) is 5.91 Å². The lowest BCUT2D eigenvalue weighted by atomic mass is 9.97. The maximum absolute atomic E-state index is 11.9. The number of nitrogens with zero attached hydrogens (tertiary/aromatic N) is 1. The highest BCUT2D eigenvalue weighted by atomic mass is 16.1. The van der Waals surface area contributed by atoms with Crippen molar-refractivity contribution in [3.05, 3.63) is 64.5 Å². The fourth-order valence-corrected chi connectivity index (χ4v) is 2.50. The molecular formula is C17H20N2O. The summed E-state index contributed by atoms with van der Waals surface area (Å²) < 4.78 is 0. The van der Waals surface area contributed by atoms with Gasteiger partial charge in [-0.1, -0.05) is 17.7 Å². The summed E-state index contributed by atoms with van der Waals surface area (Å²) in [4.78, 5) is 15.9. The van der Waals surface area contributed by atoms with Crippen LogP contribution in [0.15, 0.2) is 36.7 Å². The molecule has 0 aliphatic carbocycles. The van der Waals surface area contributed by atoms with E-state index in [0.29, 0.717) is 12.1 Å².